The quantitative estimate of drug-likeness (QED) is 0.113. The second kappa shape index (κ2) is 11.3. The summed E-state index contributed by atoms with van der Waals surface area (Å²) in [6.45, 7) is 1.90. The molecule has 0 bridgehead atoms. The van der Waals surface area contributed by atoms with Crippen LogP contribution in [0, 0.1) is 0 Å². The normalized spacial score (nSPS) is 11.9. The number of ether oxygens (including phenoxy) is 1. The number of hydrogen-bond acceptors (Lipinski definition) is 10. The average Bonchev–Trinajstić information content (AvgIpc) is 3.35. The van der Waals surface area contributed by atoms with Gasteiger partial charge in [0.2, 0.25) is 5.95 Å². The Morgan fingerprint density at radius 3 is 2.24 bits per heavy atom. The van der Waals surface area contributed by atoms with Crippen LogP contribution in [0.1, 0.15) is 33.5 Å². The summed E-state index contributed by atoms with van der Waals surface area (Å²) in [5.74, 6) is -3.63. The molecule has 0 fully saturated rings. The van der Waals surface area contributed by atoms with Crippen LogP contribution in [0.4, 0.5) is 43.9 Å². The van der Waals surface area contributed by atoms with Gasteiger partial charge < -0.3 is 21.1 Å². The second-order valence-electron chi connectivity index (χ2n) is 8.28. The fraction of sp³-hybridized carbons (Fsp3) is 0.250. The first-order valence-electron chi connectivity index (χ1n) is 11.8. The number of nitrogens with two attached hydrogens (primary N) is 1. The van der Waals surface area contributed by atoms with E-state index in [9.17, 15) is 35.9 Å². The summed E-state index contributed by atoms with van der Waals surface area (Å²) in [5, 5.41) is 9.85. The number of carbonyl (C=O) groups is 2. The van der Waals surface area contributed by atoms with Gasteiger partial charge in [0.15, 0.2) is 5.65 Å². The number of carbonyl (C=O) groups excluding carboxylic acids is 2. The van der Waals surface area contributed by atoms with Crippen molar-refractivity contribution in [1.82, 2.24) is 24.6 Å². The van der Waals surface area contributed by atoms with Gasteiger partial charge >= 0.3 is 18.3 Å². The molecule has 0 aliphatic heterocycles. The van der Waals surface area contributed by atoms with E-state index in [2.05, 4.69) is 30.7 Å². The van der Waals surface area contributed by atoms with Crippen molar-refractivity contribution < 1.29 is 40.7 Å². The molecule has 4 aromatic rings. The number of pyridine rings is 1. The molecule has 4 rings (SSSR count). The van der Waals surface area contributed by atoms with Crippen molar-refractivity contribution in [1.29, 1.82) is 0 Å². The van der Waals surface area contributed by atoms with Crippen LogP contribution >= 0.6 is 0 Å². The fourth-order valence-electron chi connectivity index (χ4n) is 3.55. The van der Waals surface area contributed by atoms with Crippen LogP contribution in [0.5, 0.6) is 0 Å². The smallest absolute Gasteiger partial charge is 0.455 e. The summed E-state index contributed by atoms with van der Waals surface area (Å²) in [6.07, 6.45) is -9.62. The Kier molecular flexibility index (Phi) is 7.98. The van der Waals surface area contributed by atoms with Crippen LogP contribution in [-0.2, 0) is 10.9 Å². The highest BCUT2D eigenvalue weighted by atomic mass is 19.4. The van der Waals surface area contributed by atoms with Crippen molar-refractivity contribution in [2.24, 2.45) is 0 Å². The van der Waals surface area contributed by atoms with E-state index in [1.54, 1.807) is 6.92 Å². The third kappa shape index (κ3) is 6.62. The maximum atomic E-state index is 13.0. The fourth-order valence-corrected chi connectivity index (χ4v) is 3.55. The molecule has 11 nitrogen and oxygen atoms in total. The van der Waals surface area contributed by atoms with Gasteiger partial charge in [0, 0.05) is 24.7 Å². The molecule has 0 aliphatic carbocycles. The van der Waals surface area contributed by atoms with Gasteiger partial charge in [-0.2, -0.15) is 30.9 Å². The van der Waals surface area contributed by atoms with E-state index < -0.39 is 41.0 Å². The zero-order chi connectivity index (χ0) is 29.9. The summed E-state index contributed by atoms with van der Waals surface area (Å²) in [5.41, 5.74) is 4.59. The summed E-state index contributed by atoms with van der Waals surface area (Å²) >= 11 is 0. The predicted molar refractivity (Wildman–Crippen MR) is 133 cm³/mol. The number of aromatic nitrogens is 5. The second-order valence-corrected chi connectivity index (χ2v) is 8.28. The molecular formula is C24H20F6N8O3. The molecule has 0 radical (unpaired) electrons. The standard InChI is InChI=1S/C24H20F6N8O3/c1-2-41-21(40)20-36-17-11-15(12-3-5-13(6-4-12)23(25,26)27)34-22(38(17)37-20)33-10-9-32-16-8-7-14(19(31)35-16)18(39)24(28,29)30/h3-8,11H,2,9-10H2,1H3,(H,33,34)(H3,31,32,35). The van der Waals surface area contributed by atoms with E-state index in [4.69, 9.17) is 10.5 Å². The van der Waals surface area contributed by atoms with Crippen molar-refractivity contribution in [2.75, 3.05) is 36.1 Å². The van der Waals surface area contributed by atoms with Crippen LogP contribution in [0.2, 0.25) is 0 Å². The molecule has 17 heteroatoms. The Hall–Kier alpha value is -4.96. The highest BCUT2D eigenvalue weighted by Crippen LogP contribution is 2.31. The van der Waals surface area contributed by atoms with Gasteiger partial charge in [-0.3, -0.25) is 4.79 Å². The van der Waals surface area contributed by atoms with Crippen LogP contribution in [-0.4, -0.2) is 62.2 Å². The lowest BCUT2D eigenvalue weighted by Gasteiger charge is -2.12. The number of Topliss-reactive ketones (excluding diaryl/α,β-unsaturated/α-hetero) is 1. The van der Waals surface area contributed by atoms with Crippen LogP contribution in [0.25, 0.3) is 16.9 Å². The molecule has 3 aromatic heterocycles. The zero-order valence-corrected chi connectivity index (χ0v) is 21.0. The minimum atomic E-state index is -5.10. The highest BCUT2D eigenvalue weighted by Gasteiger charge is 2.40. The first kappa shape index (κ1) is 29.0. The van der Waals surface area contributed by atoms with Gasteiger partial charge in [-0.25, -0.2) is 19.7 Å². The Morgan fingerprint density at radius 1 is 0.951 bits per heavy atom. The van der Waals surface area contributed by atoms with Crippen molar-refractivity contribution in [3.05, 3.63) is 59.4 Å². The topological polar surface area (TPSA) is 149 Å². The minimum absolute atomic E-state index is 0.0702. The number of alkyl halides is 6. The molecule has 0 atom stereocenters. The summed E-state index contributed by atoms with van der Waals surface area (Å²) < 4.78 is 83.1. The summed E-state index contributed by atoms with van der Waals surface area (Å²) in [7, 11) is 0. The first-order chi connectivity index (χ1) is 19.3. The molecule has 0 amide bonds. The number of hydrogen-bond donors (Lipinski definition) is 3. The van der Waals surface area contributed by atoms with Crippen LogP contribution < -0.4 is 16.4 Å². The highest BCUT2D eigenvalue weighted by molar-refractivity contribution is 6.03. The molecule has 216 valence electrons. The lowest BCUT2D eigenvalue weighted by atomic mass is 10.1. The van der Waals surface area contributed by atoms with Crippen LogP contribution in [0.3, 0.4) is 0 Å². The van der Waals surface area contributed by atoms with E-state index in [-0.39, 0.29) is 48.6 Å². The number of ketones is 1. The molecule has 4 N–H and O–H groups in total. The molecule has 0 spiro atoms. The monoisotopic (exact) mass is 582 g/mol. The van der Waals surface area contributed by atoms with Gasteiger partial charge in [0.05, 0.1) is 23.4 Å². The molecule has 0 saturated carbocycles. The van der Waals surface area contributed by atoms with E-state index in [1.807, 2.05) is 0 Å². The lowest BCUT2D eigenvalue weighted by molar-refractivity contribution is -0.137. The number of benzene rings is 1. The Balaban J connectivity index is 1.55. The van der Waals surface area contributed by atoms with Gasteiger partial charge in [-0.15, -0.1) is 5.10 Å². The number of nitrogen functional groups attached to an aromatic ring is 1. The van der Waals surface area contributed by atoms with Crippen molar-refractivity contribution in [2.45, 2.75) is 19.3 Å². The summed E-state index contributed by atoms with van der Waals surface area (Å²) in [4.78, 5) is 35.9. The summed E-state index contributed by atoms with van der Waals surface area (Å²) in [6, 6.07) is 7.76. The number of nitrogens with zero attached hydrogens (tertiary/aromatic N) is 5. The molecule has 3 heterocycles. The average molecular weight is 582 g/mol. The molecular weight excluding hydrogens is 562 g/mol. The molecule has 1 aromatic carbocycles. The molecule has 0 unspecified atom stereocenters. The molecule has 0 aliphatic rings. The van der Waals surface area contributed by atoms with Crippen LogP contribution in [0.15, 0.2) is 42.5 Å². The molecule has 41 heavy (non-hydrogen) atoms. The van der Waals surface area contributed by atoms with Gasteiger partial charge in [-0.05, 0) is 31.2 Å². The van der Waals surface area contributed by atoms with Gasteiger partial charge in [0.25, 0.3) is 11.6 Å². The minimum Gasteiger partial charge on any atom is -0.460 e. The number of anilines is 3. The van der Waals surface area contributed by atoms with Gasteiger partial charge in [0.1, 0.15) is 11.6 Å². The third-order valence-corrected chi connectivity index (χ3v) is 5.43. The van der Waals surface area contributed by atoms with Crippen molar-refractivity contribution in [3.63, 3.8) is 0 Å². The lowest BCUT2D eigenvalue weighted by Crippen LogP contribution is -2.24. The Morgan fingerprint density at radius 2 is 1.63 bits per heavy atom. The Labute approximate surface area is 226 Å². The molecule has 0 saturated heterocycles. The Bertz CT molecular complexity index is 1590. The van der Waals surface area contributed by atoms with Gasteiger partial charge in [-0.1, -0.05) is 12.1 Å². The van der Waals surface area contributed by atoms with E-state index >= 15 is 0 Å². The number of fused-ring (bicyclic) bond motifs is 1. The van der Waals surface area contributed by atoms with Crippen molar-refractivity contribution in [3.8, 4) is 11.3 Å². The number of nitrogens with one attached hydrogen (secondary N) is 2. The zero-order valence-electron chi connectivity index (χ0n) is 21.0. The largest absolute Gasteiger partial charge is 0.460 e. The maximum absolute atomic E-state index is 13.0. The maximum Gasteiger partial charge on any atom is 0.455 e. The number of rotatable bonds is 9. The predicted octanol–water partition coefficient (Wildman–Crippen LogP) is 4.23. The van der Waals surface area contributed by atoms with E-state index in [0.717, 1.165) is 24.3 Å². The van der Waals surface area contributed by atoms with E-state index in [1.165, 1.54) is 22.7 Å². The van der Waals surface area contributed by atoms with Crippen molar-refractivity contribution >= 4 is 35.0 Å². The number of halogens is 6. The third-order valence-electron chi connectivity index (χ3n) is 5.43. The van der Waals surface area contributed by atoms with E-state index in [0.29, 0.717) is 5.56 Å². The number of esters is 1. The SMILES string of the molecule is CCOC(=O)c1nc2cc(-c3ccc(C(F)(F)F)cc3)nc(NCCNc3ccc(C(=O)C(F)(F)F)c(N)n3)n2n1. The first-order valence-corrected chi connectivity index (χ1v) is 11.8.